The van der Waals surface area contributed by atoms with Crippen molar-refractivity contribution in [2.45, 2.75) is 37.1 Å². The summed E-state index contributed by atoms with van der Waals surface area (Å²) in [5, 5.41) is 6.84. The molecule has 0 amide bonds. The van der Waals surface area contributed by atoms with E-state index in [0.29, 0.717) is 11.6 Å². The van der Waals surface area contributed by atoms with E-state index in [1.807, 2.05) is 13.8 Å². The van der Waals surface area contributed by atoms with E-state index in [1.54, 1.807) is 12.1 Å². The molecule has 1 aromatic heterocycles. The maximum Gasteiger partial charge on any atom is 0.239 e. The number of hydrogen-bond acceptors (Lipinski definition) is 3. The van der Waals surface area contributed by atoms with E-state index in [2.05, 4.69) is 15.2 Å². The predicted molar refractivity (Wildman–Crippen MR) is 71.6 cm³/mol. The highest BCUT2D eigenvalue weighted by atomic mass is 32.2. The highest BCUT2D eigenvalue weighted by molar-refractivity contribution is 7.85. The van der Waals surface area contributed by atoms with Crippen molar-refractivity contribution in [3.63, 3.8) is 0 Å². The molecule has 102 valence electrons. The second kappa shape index (κ2) is 6.06. The highest BCUT2D eigenvalue weighted by Gasteiger charge is 2.22. The highest BCUT2D eigenvalue weighted by Crippen LogP contribution is 2.26. The monoisotopic (exact) mass is 281 g/mol. The largest absolute Gasteiger partial charge is 0.262 e. The van der Waals surface area contributed by atoms with Gasteiger partial charge in [0, 0.05) is 6.42 Å². The fourth-order valence-corrected chi connectivity index (χ4v) is 3.14. The Hall–Kier alpha value is -1.56. The van der Waals surface area contributed by atoms with Crippen LogP contribution in [0.4, 0.5) is 4.39 Å². The number of H-pyrrole nitrogens is 1. The molecule has 0 unspecified atom stereocenters. The molecule has 2 atom stereocenters. The summed E-state index contributed by atoms with van der Waals surface area (Å²) in [4.78, 5) is 4.20. The fraction of sp³-hybridized carbons (Fsp3) is 0.385. The lowest BCUT2D eigenvalue weighted by Gasteiger charge is -2.12. The van der Waals surface area contributed by atoms with E-state index >= 15 is 0 Å². The SMILES string of the molecule is CCc1nc([S@](=O)[C@H](CC)c2ccc(F)cc2)n[nH]1. The summed E-state index contributed by atoms with van der Waals surface area (Å²) >= 11 is 0. The maximum atomic E-state index is 12.9. The molecule has 19 heavy (non-hydrogen) atoms. The molecule has 0 aliphatic rings. The van der Waals surface area contributed by atoms with E-state index in [9.17, 15) is 8.60 Å². The minimum Gasteiger partial charge on any atom is -0.262 e. The summed E-state index contributed by atoms with van der Waals surface area (Å²) < 4.78 is 25.4. The van der Waals surface area contributed by atoms with Crippen molar-refractivity contribution in [1.29, 1.82) is 0 Å². The van der Waals surface area contributed by atoms with Crippen molar-refractivity contribution in [2.24, 2.45) is 0 Å². The van der Waals surface area contributed by atoms with Crippen LogP contribution in [0.2, 0.25) is 0 Å². The summed E-state index contributed by atoms with van der Waals surface area (Å²) in [5.41, 5.74) is 0.838. The molecule has 0 bridgehead atoms. The first-order valence-electron chi connectivity index (χ1n) is 6.23. The van der Waals surface area contributed by atoms with Crippen LogP contribution in [0.1, 0.15) is 36.9 Å². The molecule has 0 saturated carbocycles. The Morgan fingerprint density at radius 3 is 2.53 bits per heavy atom. The third kappa shape index (κ3) is 3.07. The van der Waals surface area contributed by atoms with Crippen molar-refractivity contribution in [3.8, 4) is 0 Å². The molecule has 6 heteroatoms. The number of halogens is 1. The number of hydrogen-bond donors (Lipinski definition) is 1. The maximum absolute atomic E-state index is 12.9. The van der Waals surface area contributed by atoms with Gasteiger partial charge in [-0.2, -0.15) is 0 Å². The van der Waals surface area contributed by atoms with Gasteiger partial charge in [-0.25, -0.2) is 9.37 Å². The molecular formula is C13H16FN3OS. The topological polar surface area (TPSA) is 58.6 Å². The standard InChI is InChI=1S/C13H16FN3OS/c1-3-11(9-5-7-10(14)8-6-9)19(18)13-15-12(4-2)16-17-13/h5-8,11H,3-4H2,1-2H3,(H,15,16,17)/t11-,19-/m1/s1. The second-order valence-corrected chi connectivity index (χ2v) is 5.69. The van der Waals surface area contributed by atoms with E-state index in [4.69, 9.17) is 0 Å². The zero-order chi connectivity index (χ0) is 13.8. The van der Waals surface area contributed by atoms with Crippen LogP contribution in [0.25, 0.3) is 0 Å². The molecule has 0 spiro atoms. The Balaban J connectivity index is 2.26. The summed E-state index contributed by atoms with van der Waals surface area (Å²) in [6.45, 7) is 3.89. The quantitative estimate of drug-likeness (QED) is 0.916. The van der Waals surface area contributed by atoms with Gasteiger partial charge < -0.3 is 0 Å². The van der Waals surface area contributed by atoms with Crippen LogP contribution in [-0.4, -0.2) is 19.4 Å². The first-order chi connectivity index (χ1) is 9.15. The van der Waals surface area contributed by atoms with Crippen LogP contribution in [0, 0.1) is 5.82 Å². The van der Waals surface area contributed by atoms with Crippen LogP contribution in [0.3, 0.4) is 0 Å². The molecule has 0 radical (unpaired) electrons. The predicted octanol–water partition coefficient (Wildman–Crippen LogP) is 2.77. The number of rotatable bonds is 5. The molecule has 0 fully saturated rings. The molecule has 1 N–H and O–H groups in total. The minimum absolute atomic E-state index is 0.221. The second-order valence-electron chi connectivity index (χ2n) is 4.16. The van der Waals surface area contributed by atoms with E-state index < -0.39 is 10.8 Å². The zero-order valence-corrected chi connectivity index (χ0v) is 11.7. The number of benzene rings is 1. The first kappa shape index (κ1) is 13.9. The summed E-state index contributed by atoms with van der Waals surface area (Å²) in [6.07, 6.45) is 1.39. The van der Waals surface area contributed by atoms with Gasteiger partial charge in [-0.15, -0.1) is 5.10 Å². The third-order valence-electron chi connectivity index (χ3n) is 2.90. The molecule has 2 rings (SSSR count). The van der Waals surface area contributed by atoms with E-state index in [-0.39, 0.29) is 11.1 Å². The first-order valence-corrected chi connectivity index (χ1v) is 7.44. The van der Waals surface area contributed by atoms with Gasteiger partial charge in [0.2, 0.25) is 5.16 Å². The third-order valence-corrected chi connectivity index (χ3v) is 4.56. The van der Waals surface area contributed by atoms with Crippen molar-refractivity contribution in [3.05, 3.63) is 41.5 Å². The van der Waals surface area contributed by atoms with Gasteiger partial charge in [-0.05, 0) is 24.1 Å². The van der Waals surface area contributed by atoms with Crippen LogP contribution in [-0.2, 0) is 17.2 Å². The Morgan fingerprint density at radius 1 is 1.32 bits per heavy atom. The van der Waals surface area contributed by atoms with E-state index in [0.717, 1.165) is 17.8 Å². The normalized spacial score (nSPS) is 14.3. The molecule has 4 nitrogen and oxygen atoms in total. The lowest BCUT2D eigenvalue weighted by Crippen LogP contribution is -2.08. The van der Waals surface area contributed by atoms with Gasteiger partial charge in [-0.1, -0.05) is 26.0 Å². The van der Waals surface area contributed by atoms with Crippen LogP contribution in [0.5, 0.6) is 0 Å². The van der Waals surface area contributed by atoms with Crippen molar-refractivity contribution in [1.82, 2.24) is 15.2 Å². The van der Waals surface area contributed by atoms with Gasteiger partial charge in [0.15, 0.2) is 0 Å². The van der Waals surface area contributed by atoms with Crippen molar-refractivity contribution >= 4 is 10.8 Å². The number of nitrogens with one attached hydrogen (secondary N) is 1. The number of aryl methyl sites for hydroxylation is 1. The minimum atomic E-state index is -1.34. The Bertz CT molecular complexity index is 568. The van der Waals surface area contributed by atoms with E-state index in [1.165, 1.54) is 12.1 Å². The van der Waals surface area contributed by atoms with Gasteiger partial charge in [0.25, 0.3) is 0 Å². The molecule has 1 heterocycles. The zero-order valence-electron chi connectivity index (χ0n) is 10.9. The summed E-state index contributed by atoms with van der Waals surface area (Å²) in [6, 6.07) is 6.08. The summed E-state index contributed by atoms with van der Waals surface area (Å²) in [7, 11) is -1.34. The Labute approximate surface area is 113 Å². The lowest BCUT2D eigenvalue weighted by molar-refractivity contribution is 0.625. The molecule has 2 aromatic rings. The van der Waals surface area contributed by atoms with Gasteiger partial charge in [0.05, 0.1) is 5.25 Å². The van der Waals surface area contributed by atoms with Crippen molar-refractivity contribution < 1.29 is 8.60 Å². The molecule has 0 saturated heterocycles. The molecule has 0 aliphatic heterocycles. The van der Waals surface area contributed by atoms with Gasteiger partial charge >= 0.3 is 0 Å². The average Bonchev–Trinajstić information content (AvgIpc) is 2.90. The molecular weight excluding hydrogens is 265 g/mol. The Morgan fingerprint density at radius 2 is 2.00 bits per heavy atom. The van der Waals surface area contributed by atoms with Crippen LogP contribution >= 0.6 is 0 Å². The number of aromatic amines is 1. The Kier molecular flexibility index (Phi) is 4.42. The smallest absolute Gasteiger partial charge is 0.239 e. The van der Waals surface area contributed by atoms with Crippen LogP contribution in [0.15, 0.2) is 29.4 Å². The average molecular weight is 281 g/mol. The van der Waals surface area contributed by atoms with Crippen LogP contribution < -0.4 is 0 Å². The fourth-order valence-electron chi connectivity index (χ4n) is 1.84. The van der Waals surface area contributed by atoms with Gasteiger partial charge in [-0.3, -0.25) is 9.31 Å². The number of aromatic nitrogens is 3. The summed E-state index contributed by atoms with van der Waals surface area (Å²) in [5.74, 6) is 0.424. The molecule has 1 aromatic carbocycles. The molecule has 0 aliphatic carbocycles. The van der Waals surface area contributed by atoms with Crippen molar-refractivity contribution in [2.75, 3.05) is 0 Å². The number of nitrogens with zero attached hydrogens (tertiary/aromatic N) is 2. The van der Waals surface area contributed by atoms with Gasteiger partial charge in [0.1, 0.15) is 22.4 Å². The lowest BCUT2D eigenvalue weighted by atomic mass is 10.1.